The molecule has 15 heteroatoms. The van der Waals surface area contributed by atoms with Crippen LogP contribution < -0.4 is 5.73 Å². The number of aromatic nitrogens is 3. The van der Waals surface area contributed by atoms with Gasteiger partial charge >= 0.3 is 7.82 Å². The molecule has 2 aromatic heterocycles. The second kappa shape index (κ2) is 24.3. The summed E-state index contributed by atoms with van der Waals surface area (Å²) >= 11 is 0. The van der Waals surface area contributed by atoms with Crippen molar-refractivity contribution in [3.05, 3.63) is 59.3 Å². The predicted octanol–water partition coefficient (Wildman–Crippen LogP) is 9.41. The van der Waals surface area contributed by atoms with E-state index in [0.29, 0.717) is 23.2 Å². The van der Waals surface area contributed by atoms with E-state index in [1.807, 2.05) is 6.07 Å². The van der Waals surface area contributed by atoms with Crippen molar-refractivity contribution in [2.24, 2.45) is 0 Å². The lowest BCUT2D eigenvalue weighted by Crippen LogP contribution is -2.49. The number of rotatable bonds is 29. The smallest absolute Gasteiger partial charge is 0.387 e. The Morgan fingerprint density at radius 3 is 2.14 bits per heavy atom. The van der Waals surface area contributed by atoms with Crippen molar-refractivity contribution in [2.75, 3.05) is 12.3 Å². The molecule has 0 aliphatic carbocycles. The second-order valence-corrected chi connectivity index (χ2v) is 17.5. The van der Waals surface area contributed by atoms with E-state index in [0.717, 1.165) is 31.7 Å². The van der Waals surface area contributed by atoms with Crippen LogP contribution in [0.5, 0.6) is 0 Å². The van der Waals surface area contributed by atoms with Gasteiger partial charge in [-0.15, -0.1) is 0 Å². The highest BCUT2D eigenvalue weighted by atomic mass is 31.2. The van der Waals surface area contributed by atoms with Crippen LogP contribution in [0.4, 0.5) is 10.2 Å². The Morgan fingerprint density at radius 1 is 0.966 bits per heavy atom. The zero-order valence-electron chi connectivity index (χ0n) is 34.8. The summed E-state index contributed by atoms with van der Waals surface area (Å²) in [5, 5.41) is 35.6. The Hall–Kier alpha value is -2.99. The van der Waals surface area contributed by atoms with Crippen molar-refractivity contribution in [3.63, 3.8) is 0 Å². The first-order valence-corrected chi connectivity index (χ1v) is 23.0. The van der Waals surface area contributed by atoms with Crippen molar-refractivity contribution >= 4 is 19.2 Å². The molecule has 4 rings (SSSR count). The van der Waals surface area contributed by atoms with Gasteiger partial charge in [-0.3, -0.25) is 9.05 Å². The average molecular weight is 832 g/mol. The van der Waals surface area contributed by atoms with Crippen LogP contribution in [0.2, 0.25) is 0 Å². The number of nitrogen functional groups attached to an aromatic ring is 1. The lowest BCUT2D eigenvalue weighted by atomic mass is 9.91. The number of hydrogen-bond donors (Lipinski definition) is 4. The van der Waals surface area contributed by atoms with E-state index in [1.54, 1.807) is 12.1 Å². The van der Waals surface area contributed by atoms with Gasteiger partial charge in [0.1, 0.15) is 41.6 Å². The Kier molecular flexibility index (Phi) is 20.0. The number of ether oxygens (including phenoxy) is 2. The largest absolute Gasteiger partial charge is 0.472 e. The minimum atomic E-state index is -4.76. The molecule has 0 saturated carbocycles. The number of halogens is 1. The van der Waals surface area contributed by atoms with Gasteiger partial charge in [-0.2, -0.15) is 10.4 Å². The first-order chi connectivity index (χ1) is 27.9. The maximum atomic E-state index is 14.1. The maximum absolute atomic E-state index is 14.1. The van der Waals surface area contributed by atoms with E-state index >= 15 is 0 Å². The average Bonchev–Trinajstić information content (AvgIpc) is 3.73. The molecule has 58 heavy (non-hydrogen) atoms. The van der Waals surface area contributed by atoms with Crippen LogP contribution in [-0.4, -0.2) is 66.3 Å². The third kappa shape index (κ3) is 14.6. The van der Waals surface area contributed by atoms with Crippen molar-refractivity contribution in [1.29, 1.82) is 5.26 Å². The van der Waals surface area contributed by atoms with Crippen LogP contribution in [0.25, 0.3) is 5.52 Å². The molecule has 1 aromatic carbocycles. The third-order valence-electron chi connectivity index (χ3n) is 11.4. The molecule has 13 nitrogen and oxygen atoms in total. The fourth-order valence-electron chi connectivity index (χ4n) is 7.69. The number of benzene rings is 1. The van der Waals surface area contributed by atoms with Crippen LogP contribution in [0.15, 0.2) is 36.7 Å². The number of fused-ring (bicyclic) bond motifs is 1. The molecule has 1 aliphatic rings. The summed E-state index contributed by atoms with van der Waals surface area (Å²) in [7, 11) is -4.76. The monoisotopic (exact) mass is 831 g/mol. The Morgan fingerprint density at radius 2 is 1.55 bits per heavy atom. The molecule has 5 N–H and O–H groups in total. The summed E-state index contributed by atoms with van der Waals surface area (Å²) in [6, 6.07) is 9.20. The van der Waals surface area contributed by atoms with Crippen LogP contribution >= 0.6 is 7.82 Å². The zero-order chi connectivity index (χ0) is 42.0. The van der Waals surface area contributed by atoms with Gasteiger partial charge in [0.15, 0.2) is 5.82 Å². The van der Waals surface area contributed by atoms with Gasteiger partial charge < -0.3 is 30.3 Å². The quantitative estimate of drug-likeness (QED) is 0.0383. The molecule has 0 bridgehead atoms. The second-order valence-electron chi connectivity index (χ2n) is 16.1. The van der Waals surface area contributed by atoms with Gasteiger partial charge in [0.2, 0.25) is 0 Å². The normalized spacial score (nSPS) is 21.6. The number of aliphatic hydroxyl groups is 2. The maximum Gasteiger partial charge on any atom is 0.472 e. The van der Waals surface area contributed by atoms with Gasteiger partial charge in [-0.25, -0.2) is 18.5 Å². The number of phosphoric ester groups is 1. The number of nitriles is 1. The van der Waals surface area contributed by atoms with Crippen LogP contribution in [0.3, 0.4) is 0 Å². The van der Waals surface area contributed by atoms with Crippen LogP contribution in [0.1, 0.15) is 166 Å². The van der Waals surface area contributed by atoms with Gasteiger partial charge in [0.25, 0.3) is 0 Å². The zero-order valence-corrected chi connectivity index (χ0v) is 35.7. The first kappa shape index (κ1) is 47.7. The van der Waals surface area contributed by atoms with Crippen molar-refractivity contribution in [2.45, 2.75) is 185 Å². The molecule has 1 aliphatic heterocycles. The number of nitrogens with zero attached hydrogens (tertiary/aromatic N) is 4. The van der Waals surface area contributed by atoms with E-state index in [9.17, 15) is 29.3 Å². The van der Waals surface area contributed by atoms with E-state index in [-0.39, 0.29) is 24.6 Å². The number of nitrogens with two attached hydrogens (primary N) is 1. The molecule has 1 fully saturated rings. The molecule has 324 valence electrons. The van der Waals surface area contributed by atoms with E-state index in [1.165, 1.54) is 127 Å². The van der Waals surface area contributed by atoms with Crippen LogP contribution in [-0.2, 0) is 29.7 Å². The molecular weight excluding hydrogens is 764 g/mol. The molecule has 7 atom stereocenters. The van der Waals surface area contributed by atoms with Crippen molar-refractivity contribution < 1.29 is 42.6 Å². The molecule has 1 saturated heterocycles. The first-order valence-electron chi connectivity index (χ1n) is 21.5. The molecule has 1 unspecified atom stereocenters. The number of unbranched alkanes of at least 4 members (excludes halogenated alkanes) is 17. The summed E-state index contributed by atoms with van der Waals surface area (Å²) < 4.78 is 52.1. The number of anilines is 1. The van der Waals surface area contributed by atoms with Gasteiger partial charge in [-0.1, -0.05) is 122 Å². The Bertz CT molecular complexity index is 1760. The molecule has 0 radical (unpaired) electrons. The van der Waals surface area contributed by atoms with E-state index in [4.69, 9.17) is 24.3 Å². The van der Waals surface area contributed by atoms with Crippen LogP contribution in [0, 0.1) is 17.1 Å². The Balaban J connectivity index is 1.21. The van der Waals surface area contributed by atoms with Crippen molar-refractivity contribution in [1.82, 2.24) is 14.6 Å². The minimum Gasteiger partial charge on any atom is -0.387 e. The highest BCUT2D eigenvalue weighted by molar-refractivity contribution is 7.47. The molecule has 0 spiro atoms. The van der Waals surface area contributed by atoms with E-state index < -0.39 is 49.8 Å². The van der Waals surface area contributed by atoms with Crippen molar-refractivity contribution in [3.8, 4) is 6.07 Å². The SMILES string of the molecule is CCCCCCCCCCCCCCCCCCCC[C@H](COP(=O)(O)O[C@@H](C)[C@@]1(C)O[C@@H](c2ccc3c(N)ncnn23)[C@H](O)[C@@H]1O)OCc1cc(F)cc(C#N)c1. The Labute approximate surface area is 344 Å². The lowest BCUT2D eigenvalue weighted by molar-refractivity contribution is -0.133. The minimum absolute atomic E-state index is 0.0329. The lowest BCUT2D eigenvalue weighted by Gasteiger charge is -2.34. The summed E-state index contributed by atoms with van der Waals surface area (Å²) in [6.45, 7) is 4.85. The van der Waals surface area contributed by atoms with Gasteiger partial charge in [0.05, 0.1) is 42.7 Å². The summed E-state index contributed by atoms with van der Waals surface area (Å²) in [6.07, 6.45) is 18.5. The summed E-state index contributed by atoms with van der Waals surface area (Å²) in [5.74, 6) is -0.339. The number of hydrogen-bond acceptors (Lipinski definition) is 11. The standard InChI is InChI=1S/C43H67FN5O8P/c1-4-5-6-7-8-9-10-11-12-13-14-15-16-17-18-19-20-21-22-36(54-29-34-25-33(28-45)26-35(44)27-34)30-55-58(52,53)57-32(2)43(3)41(51)39(50)40(56-43)37-23-24-38-42(46)47-31-48-49(37)38/h23-27,31-32,36,39-41,50-51H,4-22,29-30H2,1-3H3,(H,52,53)(H2,46,47,48)/t32-,36+,39-,40-,41-,43+/m0/s1. The highest BCUT2D eigenvalue weighted by Crippen LogP contribution is 2.50. The molecule has 3 aromatic rings. The predicted molar refractivity (Wildman–Crippen MR) is 221 cm³/mol. The van der Waals surface area contributed by atoms with Gasteiger partial charge in [-0.05, 0) is 56.2 Å². The molecule has 0 amide bonds. The highest BCUT2D eigenvalue weighted by Gasteiger charge is 2.57. The molecular formula is C43H67FN5O8P. The summed E-state index contributed by atoms with van der Waals surface area (Å²) in [5.41, 5.74) is 5.82. The number of aliphatic hydroxyl groups excluding tert-OH is 2. The topological polar surface area (TPSA) is 195 Å². The number of phosphoric acid groups is 1. The van der Waals surface area contributed by atoms with Gasteiger partial charge in [0, 0.05) is 0 Å². The van der Waals surface area contributed by atoms with E-state index in [2.05, 4.69) is 17.0 Å². The summed E-state index contributed by atoms with van der Waals surface area (Å²) in [4.78, 5) is 14.8. The fourth-order valence-corrected chi connectivity index (χ4v) is 8.72. The fraction of sp³-hybridized carbons (Fsp3) is 0.698. The third-order valence-corrected chi connectivity index (χ3v) is 12.4. The molecule has 3 heterocycles.